The van der Waals surface area contributed by atoms with Crippen LogP contribution in [0.5, 0.6) is 0 Å². The predicted octanol–water partition coefficient (Wildman–Crippen LogP) is 3.58. The van der Waals surface area contributed by atoms with Crippen molar-refractivity contribution in [1.82, 2.24) is 9.80 Å². The number of nitrogens with zero attached hydrogens (tertiary/aromatic N) is 2. The third-order valence-corrected chi connectivity index (χ3v) is 5.58. The minimum atomic E-state index is 0.391. The largest absolute Gasteiger partial charge is 0.336 e. The minimum absolute atomic E-state index is 0.391. The number of amides is 1. The van der Waals surface area contributed by atoms with Gasteiger partial charge in [0.2, 0.25) is 5.91 Å². The average molecular weight is 312 g/mol. The van der Waals surface area contributed by atoms with Gasteiger partial charge in [-0.1, -0.05) is 43.2 Å². The summed E-state index contributed by atoms with van der Waals surface area (Å²) in [6.45, 7) is 1.53. The van der Waals surface area contributed by atoms with E-state index in [9.17, 15) is 4.79 Å². The molecular formula is C20H28N2O. The predicted molar refractivity (Wildman–Crippen MR) is 92.0 cm³/mol. The Kier molecular flexibility index (Phi) is 4.39. The molecule has 3 saturated carbocycles. The molecule has 23 heavy (non-hydrogen) atoms. The first kappa shape index (κ1) is 15.2. The molecule has 3 fully saturated rings. The van der Waals surface area contributed by atoms with E-state index in [4.69, 9.17) is 0 Å². The molecule has 4 rings (SSSR count). The van der Waals surface area contributed by atoms with E-state index in [1.165, 1.54) is 56.9 Å². The molecule has 1 aromatic carbocycles. The maximum Gasteiger partial charge on any atom is 0.237 e. The van der Waals surface area contributed by atoms with E-state index in [-0.39, 0.29) is 0 Å². The Labute approximate surface area is 139 Å². The number of carbonyl (C=O) groups excluding carboxylic acids is 1. The maximum absolute atomic E-state index is 13.0. The van der Waals surface area contributed by atoms with Crippen LogP contribution in [0.2, 0.25) is 0 Å². The van der Waals surface area contributed by atoms with Crippen LogP contribution in [0.1, 0.15) is 56.9 Å². The summed E-state index contributed by atoms with van der Waals surface area (Å²) >= 11 is 0. The van der Waals surface area contributed by atoms with Gasteiger partial charge in [0.15, 0.2) is 0 Å². The fraction of sp³-hybridized carbons (Fsp3) is 0.650. The quantitative estimate of drug-likeness (QED) is 0.768. The molecule has 124 valence electrons. The zero-order valence-corrected chi connectivity index (χ0v) is 14.0. The summed E-state index contributed by atoms with van der Waals surface area (Å²) in [6, 6.07) is 12.3. The van der Waals surface area contributed by atoms with Crippen molar-refractivity contribution in [3.8, 4) is 0 Å². The van der Waals surface area contributed by atoms with Crippen LogP contribution in [0.4, 0.5) is 0 Å². The monoisotopic (exact) mass is 312 g/mol. The highest BCUT2D eigenvalue weighted by molar-refractivity contribution is 5.79. The number of hydrogen-bond donors (Lipinski definition) is 0. The lowest BCUT2D eigenvalue weighted by molar-refractivity contribution is -0.135. The summed E-state index contributed by atoms with van der Waals surface area (Å²) in [5.41, 5.74) is 1.33. The Bertz CT molecular complexity index is 530. The molecule has 0 unspecified atom stereocenters. The molecule has 3 heteroatoms. The van der Waals surface area contributed by atoms with Gasteiger partial charge in [-0.2, -0.15) is 0 Å². The van der Waals surface area contributed by atoms with Crippen LogP contribution in [0.25, 0.3) is 0 Å². The SMILES string of the molecule is O=C(CN(Cc1ccccc1)C1CC1)N(C1CCCC1)C1CC1. The van der Waals surface area contributed by atoms with Gasteiger partial charge in [0.25, 0.3) is 0 Å². The summed E-state index contributed by atoms with van der Waals surface area (Å²) in [4.78, 5) is 17.7. The van der Waals surface area contributed by atoms with Gasteiger partial charge in [0.1, 0.15) is 0 Å². The molecule has 0 atom stereocenters. The Morgan fingerprint density at radius 2 is 1.48 bits per heavy atom. The van der Waals surface area contributed by atoms with Gasteiger partial charge < -0.3 is 4.90 Å². The summed E-state index contributed by atoms with van der Waals surface area (Å²) in [5.74, 6) is 0.391. The zero-order chi connectivity index (χ0) is 15.6. The molecule has 0 aliphatic heterocycles. The van der Waals surface area contributed by atoms with E-state index in [2.05, 4.69) is 40.1 Å². The minimum Gasteiger partial charge on any atom is -0.336 e. The summed E-state index contributed by atoms with van der Waals surface area (Å²) in [6.07, 6.45) is 10.0. The van der Waals surface area contributed by atoms with Crippen molar-refractivity contribution in [2.45, 2.75) is 76.0 Å². The van der Waals surface area contributed by atoms with Gasteiger partial charge >= 0.3 is 0 Å². The summed E-state index contributed by atoms with van der Waals surface area (Å²) in [5, 5.41) is 0. The van der Waals surface area contributed by atoms with Gasteiger partial charge in [0.05, 0.1) is 6.54 Å². The van der Waals surface area contributed by atoms with Crippen LogP contribution in [-0.2, 0) is 11.3 Å². The molecule has 1 aromatic rings. The molecule has 1 amide bonds. The van der Waals surface area contributed by atoms with Crippen molar-refractivity contribution < 1.29 is 4.79 Å². The lowest BCUT2D eigenvalue weighted by atomic mass is 10.2. The van der Waals surface area contributed by atoms with Gasteiger partial charge in [0, 0.05) is 24.7 Å². The van der Waals surface area contributed by atoms with Crippen LogP contribution in [0, 0.1) is 0 Å². The second-order valence-corrected chi connectivity index (χ2v) is 7.59. The molecule has 3 aliphatic carbocycles. The molecule has 3 nitrogen and oxygen atoms in total. The molecule has 0 spiro atoms. The first-order chi connectivity index (χ1) is 11.3. The maximum atomic E-state index is 13.0. The van der Waals surface area contributed by atoms with Crippen LogP contribution >= 0.6 is 0 Å². The van der Waals surface area contributed by atoms with Gasteiger partial charge in [-0.25, -0.2) is 0 Å². The van der Waals surface area contributed by atoms with Crippen molar-refractivity contribution in [1.29, 1.82) is 0 Å². The molecule has 0 aromatic heterocycles. The van der Waals surface area contributed by atoms with Gasteiger partial charge in [-0.15, -0.1) is 0 Å². The highest BCUT2D eigenvalue weighted by Gasteiger charge is 2.40. The van der Waals surface area contributed by atoms with E-state index >= 15 is 0 Å². The second-order valence-electron chi connectivity index (χ2n) is 7.59. The lowest BCUT2D eigenvalue weighted by Gasteiger charge is -2.32. The second kappa shape index (κ2) is 6.64. The molecule has 0 bridgehead atoms. The van der Waals surface area contributed by atoms with Crippen molar-refractivity contribution in [2.75, 3.05) is 6.54 Å². The Morgan fingerprint density at radius 3 is 2.09 bits per heavy atom. The Balaban J connectivity index is 1.42. The topological polar surface area (TPSA) is 23.6 Å². The fourth-order valence-electron chi connectivity index (χ4n) is 4.07. The van der Waals surface area contributed by atoms with Gasteiger partial charge in [-0.3, -0.25) is 9.69 Å². The Morgan fingerprint density at radius 1 is 0.870 bits per heavy atom. The fourth-order valence-corrected chi connectivity index (χ4v) is 4.07. The molecule has 0 heterocycles. The van der Waals surface area contributed by atoms with Crippen LogP contribution in [-0.4, -0.2) is 40.4 Å². The van der Waals surface area contributed by atoms with Crippen molar-refractivity contribution in [3.05, 3.63) is 35.9 Å². The van der Waals surface area contributed by atoms with E-state index in [0.717, 1.165) is 6.54 Å². The molecular weight excluding hydrogens is 284 g/mol. The molecule has 3 aliphatic rings. The number of carbonyl (C=O) groups is 1. The molecule has 0 saturated heterocycles. The van der Waals surface area contributed by atoms with E-state index in [1.54, 1.807) is 0 Å². The van der Waals surface area contributed by atoms with Crippen molar-refractivity contribution in [2.24, 2.45) is 0 Å². The standard InChI is InChI=1S/C20H28N2O/c23-20(22(19-12-13-19)18-8-4-5-9-18)15-21(17-10-11-17)14-16-6-2-1-3-7-16/h1-3,6-7,17-19H,4-5,8-15H2. The summed E-state index contributed by atoms with van der Waals surface area (Å²) in [7, 11) is 0. The average Bonchev–Trinajstić information content (AvgIpc) is 3.48. The van der Waals surface area contributed by atoms with Crippen LogP contribution < -0.4 is 0 Å². The smallest absolute Gasteiger partial charge is 0.237 e. The number of benzene rings is 1. The highest BCUT2D eigenvalue weighted by Crippen LogP contribution is 2.35. The first-order valence-electron chi connectivity index (χ1n) is 9.40. The van der Waals surface area contributed by atoms with E-state index < -0.39 is 0 Å². The summed E-state index contributed by atoms with van der Waals surface area (Å²) < 4.78 is 0. The van der Waals surface area contributed by atoms with E-state index in [0.29, 0.717) is 30.6 Å². The molecule has 0 N–H and O–H groups in total. The lowest BCUT2D eigenvalue weighted by Crippen LogP contribution is -2.46. The third-order valence-electron chi connectivity index (χ3n) is 5.58. The van der Waals surface area contributed by atoms with Crippen molar-refractivity contribution in [3.63, 3.8) is 0 Å². The van der Waals surface area contributed by atoms with Crippen molar-refractivity contribution >= 4 is 5.91 Å². The Hall–Kier alpha value is -1.35. The number of hydrogen-bond acceptors (Lipinski definition) is 2. The van der Waals surface area contributed by atoms with E-state index in [1.807, 2.05) is 0 Å². The van der Waals surface area contributed by atoms with Crippen LogP contribution in [0.15, 0.2) is 30.3 Å². The molecule has 0 radical (unpaired) electrons. The third kappa shape index (κ3) is 3.77. The van der Waals surface area contributed by atoms with Gasteiger partial charge in [-0.05, 0) is 44.1 Å². The normalized spacial score (nSPS) is 21.8. The number of rotatable bonds is 7. The first-order valence-corrected chi connectivity index (χ1v) is 9.40. The highest BCUT2D eigenvalue weighted by atomic mass is 16.2. The zero-order valence-electron chi connectivity index (χ0n) is 14.0. The van der Waals surface area contributed by atoms with Crippen LogP contribution in [0.3, 0.4) is 0 Å².